The maximum absolute atomic E-state index is 13.2. The van der Waals surface area contributed by atoms with Crippen molar-refractivity contribution in [3.05, 3.63) is 53.6 Å². The molecule has 1 atom stereocenters. The number of methoxy groups -OCH3 is 1. The van der Waals surface area contributed by atoms with Gasteiger partial charge in [-0.2, -0.15) is 0 Å². The number of hydrogen-bond donors (Lipinski definition) is 2. The fraction of sp³-hybridized carbons (Fsp3) is 0.263. The molecule has 0 saturated heterocycles. The van der Waals surface area contributed by atoms with Gasteiger partial charge in [-0.05, 0) is 37.1 Å². The molecule has 6 nitrogen and oxygen atoms in total. The summed E-state index contributed by atoms with van der Waals surface area (Å²) in [7, 11) is 1.59. The van der Waals surface area contributed by atoms with Crippen molar-refractivity contribution in [1.82, 2.24) is 4.90 Å². The molecule has 1 saturated carbocycles. The van der Waals surface area contributed by atoms with Gasteiger partial charge in [0.1, 0.15) is 5.75 Å². The van der Waals surface area contributed by atoms with Gasteiger partial charge in [-0.25, -0.2) is 0 Å². The predicted octanol–water partition coefficient (Wildman–Crippen LogP) is 2.53. The minimum absolute atomic E-state index is 0.0761. The van der Waals surface area contributed by atoms with Crippen LogP contribution in [0.15, 0.2) is 42.5 Å². The largest absolute Gasteiger partial charge is 0.497 e. The Balaban J connectivity index is 1.74. The molecule has 1 aliphatic carbocycles. The van der Waals surface area contributed by atoms with Crippen molar-refractivity contribution in [2.45, 2.75) is 24.5 Å². The Morgan fingerprint density at radius 3 is 2.68 bits per heavy atom. The standard InChI is InChI=1S/C19H17N3O3/c1-25-12-8-9-14-16(10-12)20-18(24)19(14)21-15-5-3-2-4-13(15)17(23)22(19)11-6-7-11/h2-5,8-11,21H,6-7H2,1H3,(H,20,24)/t19-/m0/s1. The van der Waals surface area contributed by atoms with Crippen molar-refractivity contribution in [3.8, 4) is 5.75 Å². The van der Waals surface area contributed by atoms with E-state index in [-0.39, 0.29) is 17.9 Å². The second kappa shape index (κ2) is 4.75. The summed E-state index contributed by atoms with van der Waals surface area (Å²) in [6.07, 6.45) is 1.83. The van der Waals surface area contributed by atoms with Crippen molar-refractivity contribution in [3.63, 3.8) is 0 Å². The molecule has 6 heteroatoms. The number of rotatable bonds is 2. The number of fused-ring (bicyclic) bond motifs is 3. The molecule has 5 rings (SSSR count). The molecule has 2 aliphatic heterocycles. The van der Waals surface area contributed by atoms with Crippen LogP contribution < -0.4 is 15.4 Å². The molecule has 2 aromatic rings. The number of carbonyl (C=O) groups excluding carboxylic acids is 2. The third-order valence-corrected chi connectivity index (χ3v) is 5.16. The summed E-state index contributed by atoms with van der Waals surface area (Å²) in [5, 5.41) is 6.29. The third kappa shape index (κ3) is 1.79. The topological polar surface area (TPSA) is 70.7 Å². The van der Waals surface area contributed by atoms with E-state index in [1.807, 2.05) is 30.3 Å². The molecule has 0 unspecified atom stereocenters. The molecule has 2 N–H and O–H groups in total. The van der Waals surface area contributed by atoms with Gasteiger partial charge < -0.3 is 20.3 Å². The molecule has 0 aromatic heterocycles. The lowest BCUT2D eigenvalue weighted by molar-refractivity contribution is -0.125. The highest BCUT2D eigenvalue weighted by atomic mass is 16.5. The number of anilines is 2. The van der Waals surface area contributed by atoms with E-state index in [2.05, 4.69) is 10.6 Å². The molecule has 2 amide bonds. The van der Waals surface area contributed by atoms with E-state index < -0.39 is 5.66 Å². The summed E-state index contributed by atoms with van der Waals surface area (Å²) in [5.41, 5.74) is 1.52. The Hall–Kier alpha value is -3.02. The predicted molar refractivity (Wildman–Crippen MR) is 92.6 cm³/mol. The number of ether oxygens (including phenoxy) is 1. The number of hydrogen-bond acceptors (Lipinski definition) is 4. The highest BCUT2D eigenvalue weighted by Crippen LogP contribution is 2.50. The molecule has 0 radical (unpaired) electrons. The SMILES string of the molecule is COc1ccc2c(c1)NC(=O)[C@]21Nc2ccccc2C(=O)N1C1CC1. The minimum atomic E-state index is -1.20. The van der Waals surface area contributed by atoms with Crippen molar-refractivity contribution in [2.24, 2.45) is 0 Å². The van der Waals surface area contributed by atoms with Gasteiger partial charge in [-0.3, -0.25) is 9.59 Å². The van der Waals surface area contributed by atoms with Gasteiger partial charge in [0.15, 0.2) is 0 Å². The van der Waals surface area contributed by atoms with Gasteiger partial charge in [-0.1, -0.05) is 12.1 Å². The maximum atomic E-state index is 13.2. The van der Waals surface area contributed by atoms with Crippen LogP contribution in [0.25, 0.3) is 0 Å². The van der Waals surface area contributed by atoms with Crippen LogP contribution >= 0.6 is 0 Å². The van der Waals surface area contributed by atoms with Gasteiger partial charge in [0.25, 0.3) is 11.8 Å². The zero-order chi connectivity index (χ0) is 17.2. The van der Waals surface area contributed by atoms with E-state index in [9.17, 15) is 9.59 Å². The van der Waals surface area contributed by atoms with Crippen molar-refractivity contribution in [1.29, 1.82) is 0 Å². The van der Waals surface area contributed by atoms with Crippen molar-refractivity contribution in [2.75, 3.05) is 17.7 Å². The molecule has 1 spiro atoms. The van der Waals surface area contributed by atoms with Crippen LogP contribution in [0.4, 0.5) is 11.4 Å². The molecule has 2 aromatic carbocycles. The molecule has 126 valence electrons. The highest BCUT2D eigenvalue weighted by Gasteiger charge is 2.59. The number of carbonyl (C=O) groups is 2. The van der Waals surface area contributed by atoms with Gasteiger partial charge in [-0.15, -0.1) is 0 Å². The van der Waals surface area contributed by atoms with E-state index in [4.69, 9.17) is 4.74 Å². The molecule has 3 aliphatic rings. The second-order valence-electron chi connectivity index (χ2n) is 6.65. The first-order valence-corrected chi connectivity index (χ1v) is 8.36. The van der Waals surface area contributed by atoms with Crippen LogP contribution in [0.3, 0.4) is 0 Å². The van der Waals surface area contributed by atoms with Crippen LogP contribution in [0.1, 0.15) is 28.8 Å². The Bertz CT molecular complexity index is 922. The van der Waals surface area contributed by atoms with E-state index in [1.165, 1.54) is 0 Å². The summed E-state index contributed by atoms with van der Waals surface area (Å²) in [4.78, 5) is 28.0. The number of nitrogens with zero attached hydrogens (tertiary/aromatic N) is 1. The summed E-state index contributed by atoms with van der Waals surface area (Å²) in [6.45, 7) is 0. The van der Waals surface area contributed by atoms with E-state index in [0.29, 0.717) is 22.7 Å². The van der Waals surface area contributed by atoms with Gasteiger partial charge in [0, 0.05) is 23.4 Å². The monoisotopic (exact) mass is 335 g/mol. The lowest BCUT2D eigenvalue weighted by Gasteiger charge is -2.45. The van der Waals surface area contributed by atoms with Crippen molar-refractivity contribution < 1.29 is 14.3 Å². The molecular weight excluding hydrogens is 318 g/mol. The number of nitrogens with one attached hydrogen (secondary N) is 2. The first kappa shape index (κ1) is 14.3. The van der Waals surface area contributed by atoms with Crippen molar-refractivity contribution >= 4 is 23.2 Å². The summed E-state index contributed by atoms with van der Waals surface area (Å²) < 4.78 is 5.26. The Kier molecular flexibility index (Phi) is 2.72. The highest BCUT2D eigenvalue weighted by molar-refractivity contribution is 6.14. The summed E-state index contributed by atoms with van der Waals surface area (Å²) in [5.74, 6) is 0.331. The van der Waals surface area contributed by atoms with Gasteiger partial charge in [0.05, 0.1) is 18.4 Å². The lowest BCUT2D eigenvalue weighted by atomic mass is 9.92. The zero-order valence-electron chi connectivity index (χ0n) is 13.7. The summed E-state index contributed by atoms with van der Waals surface area (Å²) >= 11 is 0. The van der Waals surface area contributed by atoms with Crippen LogP contribution in [-0.2, 0) is 10.5 Å². The van der Waals surface area contributed by atoms with E-state index in [1.54, 1.807) is 24.1 Å². The number of para-hydroxylation sites is 1. The average Bonchev–Trinajstić information content (AvgIpc) is 3.42. The quantitative estimate of drug-likeness (QED) is 0.885. The second-order valence-corrected chi connectivity index (χ2v) is 6.65. The first-order valence-electron chi connectivity index (χ1n) is 8.36. The number of benzene rings is 2. The van der Waals surface area contributed by atoms with Gasteiger partial charge >= 0.3 is 0 Å². The average molecular weight is 335 g/mol. The Morgan fingerprint density at radius 2 is 1.92 bits per heavy atom. The van der Waals surface area contributed by atoms with Crippen LogP contribution in [0.2, 0.25) is 0 Å². The Morgan fingerprint density at radius 1 is 1.12 bits per heavy atom. The van der Waals surface area contributed by atoms with Crippen LogP contribution in [0, 0.1) is 0 Å². The zero-order valence-corrected chi connectivity index (χ0v) is 13.7. The fourth-order valence-corrected chi connectivity index (χ4v) is 3.86. The molecule has 0 bridgehead atoms. The Labute approximate surface area is 144 Å². The smallest absolute Gasteiger partial charge is 0.276 e. The molecular formula is C19H17N3O3. The normalized spacial score (nSPS) is 23.8. The van der Waals surface area contributed by atoms with Crippen LogP contribution in [-0.4, -0.2) is 29.9 Å². The van der Waals surface area contributed by atoms with Crippen LogP contribution in [0.5, 0.6) is 5.75 Å². The van der Waals surface area contributed by atoms with E-state index in [0.717, 1.165) is 18.4 Å². The minimum Gasteiger partial charge on any atom is -0.497 e. The fourth-order valence-electron chi connectivity index (χ4n) is 3.86. The molecule has 2 heterocycles. The maximum Gasteiger partial charge on any atom is 0.276 e. The third-order valence-electron chi connectivity index (χ3n) is 5.16. The first-order chi connectivity index (χ1) is 12.1. The molecule has 1 fully saturated rings. The lowest BCUT2D eigenvalue weighted by Crippen LogP contribution is -2.62. The summed E-state index contributed by atoms with van der Waals surface area (Å²) in [6, 6.07) is 12.9. The number of amides is 2. The van der Waals surface area contributed by atoms with Gasteiger partial charge in [0.2, 0.25) is 5.66 Å². The van der Waals surface area contributed by atoms with E-state index >= 15 is 0 Å². The molecule has 25 heavy (non-hydrogen) atoms.